The molecule has 25 heavy (non-hydrogen) atoms. The zero-order valence-corrected chi connectivity index (χ0v) is 20.4. The summed E-state index contributed by atoms with van der Waals surface area (Å²) >= 11 is -0.319. The minimum atomic E-state index is -0.319. The Labute approximate surface area is 181 Å². The van der Waals surface area contributed by atoms with Crippen LogP contribution in [0.1, 0.15) is 111 Å². The fourth-order valence-corrected chi connectivity index (χ4v) is 4.15. The summed E-state index contributed by atoms with van der Waals surface area (Å²) in [5.74, 6) is 0. The van der Waals surface area contributed by atoms with Crippen molar-refractivity contribution in [3.63, 3.8) is 0 Å². The van der Waals surface area contributed by atoms with Crippen LogP contribution in [0.15, 0.2) is 0 Å². The normalized spacial score (nSPS) is 10.4. The quantitative estimate of drug-likeness (QED) is 0.153. The Hall–Kier alpha value is 1.21. The molecule has 0 aromatic carbocycles. The molecule has 0 aliphatic carbocycles. The minimum Gasteiger partial charge on any atom is -0.147 e. The predicted octanol–water partition coefficient (Wildman–Crippen LogP) is 7.58. The summed E-state index contributed by atoms with van der Waals surface area (Å²) in [5, 5.41) is 0. The van der Waals surface area contributed by atoms with E-state index in [1.54, 1.807) is 0 Å². The van der Waals surface area contributed by atoms with E-state index in [1.807, 2.05) is 0 Å². The summed E-state index contributed by atoms with van der Waals surface area (Å²) in [6.07, 6.45) is 19.3. The molecular formula is C20H45Cl2NOTi. The van der Waals surface area contributed by atoms with Crippen LogP contribution in [0.3, 0.4) is 0 Å². The topological polar surface area (TPSA) is 12.5 Å². The van der Waals surface area contributed by atoms with Gasteiger partial charge in [-0.1, -0.05) is 0 Å². The van der Waals surface area contributed by atoms with E-state index in [0.717, 1.165) is 6.61 Å². The molecule has 0 aliphatic heterocycles. The molecule has 0 aromatic rings. The van der Waals surface area contributed by atoms with Crippen LogP contribution in [-0.4, -0.2) is 23.1 Å². The van der Waals surface area contributed by atoms with Crippen LogP contribution in [0.2, 0.25) is 0 Å². The fraction of sp³-hybridized carbons (Fsp3) is 1.00. The average molecular weight is 434 g/mol. The van der Waals surface area contributed by atoms with E-state index in [1.165, 1.54) is 103 Å². The molecular weight excluding hydrogens is 389 g/mol. The molecule has 0 spiro atoms. The molecule has 0 aliphatic rings. The molecule has 0 N–H and O–H groups in total. The van der Waals surface area contributed by atoms with Gasteiger partial charge in [-0.25, -0.2) is 0 Å². The van der Waals surface area contributed by atoms with E-state index >= 15 is 0 Å². The summed E-state index contributed by atoms with van der Waals surface area (Å²) in [7, 11) is 0. The number of rotatable bonds is 19. The Bertz CT molecular complexity index is 208. The van der Waals surface area contributed by atoms with Gasteiger partial charge in [0.2, 0.25) is 0 Å². The van der Waals surface area contributed by atoms with Crippen molar-refractivity contribution in [2.45, 2.75) is 111 Å². The predicted molar refractivity (Wildman–Crippen MR) is 114 cm³/mol. The Kier molecular flexibility index (Phi) is 33.9. The molecule has 5 heteroatoms. The third-order valence-electron chi connectivity index (χ3n) is 4.36. The molecule has 0 bridgehead atoms. The van der Waals surface area contributed by atoms with E-state index in [-0.39, 0.29) is 44.6 Å². The fourth-order valence-electron chi connectivity index (χ4n) is 2.72. The molecule has 0 amide bonds. The summed E-state index contributed by atoms with van der Waals surface area (Å²) in [6, 6.07) is 0. The number of hydrogen-bond acceptors (Lipinski definition) is 2. The summed E-state index contributed by atoms with van der Waals surface area (Å²) in [4.78, 5) is 0. The van der Waals surface area contributed by atoms with Crippen LogP contribution in [0.25, 0.3) is 0 Å². The number of hydrogen-bond donors (Lipinski definition) is 0. The number of unbranched alkanes of at least 4 members (excludes halogenated alkanes) is 11. The van der Waals surface area contributed by atoms with Crippen LogP contribution in [0, 0.1) is 0 Å². The molecule has 0 atom stereocenters. The van der Waals surface area contributed by atoms with Crippen molar-refractivity contribution < 1.29 is 23.1 Å². The number of halogens is 2. The van der Waals surface area contributed by atoms with Crippen LogP contribution >= 0.6 is 24.8 Å². The maximum absolute atomic E-state index is 5.98. The van der Waals surface area contributed by atoms with Gasteiger partial charge in [0.1, 0.15) is 0 Å². The summed E-state index contributed by atoms with van der Waals surface area (Å²) < 4.78 is 8.65. The van der Waals surface area contributed by atoms with Crippen LogP contribution < -0.4 is 0 Å². The van der Waals surface area contributed by atoms with Crippen molar-refractivity contribution in [3.05, 3.63) is 0 Å². The second kappa shape index (κ2) is 27.4. The molecule has 2 nitrogen and oxygen atoms in total. The van der Waals surface area contributed by atoms with Gasteiger partial charge < -0.3 is 0 Å². The van der Waals surface area contributed by atoms with Gasteiger partial charge in [0.25, 0.3) is 0 Å². The summed E-state index contributed by atoms with van der Waals surface area (Å²) in [6.45, 7) is 10.4. The van der Waals surface area contributed by atoms with Gasteiger partial charge in [0, 0.05) is 0 Å². The zero-order chi connectivity index (χ0) is 17.0. The van der Waals surface area contributed by atoms with Crippen LogP contribution in [-0.2, 0) is 23.1 Å². The standard InChI is InChI=1S/C16H34N.C4H9O.2ClH.Ti/c1-3-5-7-9-11-13-15-17-16-14-12-10-8-6-4-2;1-2-3-4-5;;;/h3-16H2,1-2H3;2-4H2,1H3;2*1H;/q2*-1;;;+2. The van der Waals surface area contributed by atoms with Gasteiger partial charge in [0.15, 0.2) is 0 Å². The van der Waals surface area contributed by atoms with Crippen molar-refractivity contribution in [2.24, 2.45) is 0 Å². The first kappa shape index (κ1) is 30.9. The Morgan fingerprint density at radius 3 is 1.40 bits per heavy atom. The van der Waals surface area contributed by atoms with Crippen molar-refractivity contribution in [3.8, 4) is 0 Å². The SMILES string of the molecule is CCCCCCCC[N](CCCCCCCC)[Ti][O]CCCC.Cl.Cl. The van der Waals surface area contributed by atoms with Gasteiger partial charge in [-0.05, 0) is 0 Å². The third kappa shape index (κ3) is 25.2. The first-order valence-electron chi connectivity index (χ1n) is 10.5. The van der Waals surface area contributed by atoms with Gasteiger partial charge in [0.05, 0.1) is 0 Å². The van der Waals surface area contributed by atoms with Gasteiger partial charge in [-0.2, -0.15) is 0 Å². The van der Waals surface area contributed by atoms with Crippen molar-refractivity contribution >= 4 is 24.8 Å². The zero-order valence-electron chi connectivity index (χ0n) is 17.2. The molecule has 154 valence electrons. The maximum atomic E-state index is 5.98. The molecule has 0 unspecified atom stereocenters. The molecule has 0 fully saturated rings. The Balaban J connectivity index is -0.00000242. The Morgan fingerprint density at radius 1 is 0.560 bits per heavy atom. The molecule has 0 rings (SSSR count). The van der Waals surface area contributed by atoms with Gasteiger partial charge >= 0.3 is 157 Å². The van der Waals surface area contributed by atoms with Gasteiger partial charge in [-0.15, -0.1) is 24.8 Å². The molecule has 0 saturated carbocycles. The minimum absolute atomic E-state index is 0. The van der Waals surface area contributed by atoms with E-state index in [9.17, 15) is 0 Å². The number of nitrogens with zero attached hydrogens (tertiary/aromatic N) is 1. The van der Waals surface area contributed by atoms with E-state index in [0.29, 0.717) is 0 Å². The Morgan fingerprint density at radius 2 is 0.960 bits per heavy atom. The van der Waals surface area contributed by atoms with Crippen LogP contribution in [0.5, 0.6) is 0 Å². The second-order valence-electron chi connectivity index (χ2n) is 6.82. The van der Waals surface area contributed by atoms with Crippen molar-refractivity contribution in [2.75, 3.05) is 19.7 Å². The van der Waals surface area contributed by atoms with Crippen LogP contribution in [0.4, 0.5) is 0 Å². The van der Waals surface area contributed by atoms with E-state index < -0.39 is 0 Å². The summed E-state index contributed by atoms with van der Waals surface area (Å²) in [5.41, 5.74) is 0. The first-order chi connectivity index (χ1) is 11.3. The molecule has 0 heterocycles. The first-order valence-corrected chi connectivity index (χ1v) is 11.8. The van der Waals surface area contributed by atoms with E-state index in [2.05, 4.69) is 24.2 Å². The average Bonchev–Trinajstić information content (AvgIpc) is 2.57. The van der Waals surface area contributed by atoms with Crippen molar-refractivity contribution in [1.82, 2.24) is 3.38 Å². The third-order valence-corrected chi connectivity index (χ3v) is 5.98. The maximum Gasteiger partial charge on any atom is -0.147 e. The molecule has 0 aromatic heterocycles. The largest absolute Gasteiger partial charge is 0.147 e. The van der Waals surface area contributed by atoms with Gasteiger partial charge in [-0.3, -0.25) is 0 Å². The monoisotopic (exact) mass is 433 g/mol. The second-order valence-corrected chi connectivity index (χ2v) is 8.54. The molecule has 0 radical (unpaired) electrons. The van der Waals surface area contributed by atoms with Crippen molar-refractivity contribution in [1.29, 1.82) is 0 Å². The molecule has 0 saturated heterocycles. The smallest absolute Gasteiger partial charge is 0.147 e. The van der Waals surface area contributed by atoms with E-state index in [4.69, 9.17) is 3.32 Å².